The van der Waals surface area contributed by atoms with Gasteiger partial charge in [0.15, 0.2) is 0 Å². The number of carbonyl (C=O) groups excluding carboxylic acids is 1. The van der Waals surface area contributed by atoms with Crippen LogP contribution in [-0.4, -0.2) is 13.0 Å². The minimum absolute atomic E-state index is 0.729. The Bertz CT molecular complexity index is 208. The van der Waals surface area contributed by atoms with Crippen molar-refractivity contribution >= 4 is 6.29 Å². The van der Waals surface area contributed by atoms with E-state index in [1.165, 1.54) is 0 Å². The van der Waals surface area contributed by atoms with Gasteiger partial charge in [-0.2, -0.15) is 13.2 Å². The normalized spacial score (nSPS) is 8.67. The van der Waals surface area contributed by atoms with Gasteiger partial charge < -0.3 is 0 Å². The minimum atomic E-state index is -3.67. The van der Waals surface area contributed by atoms with E-state index in [4.69, 9.17) is 0 Å². The van der Waals surface area contributed by atoms with Crippen LogP contribution in [0.15, 0.2) is 30.3 Å². The van der Waals surface area contributed by atoms with E-state index in [0.717, 1.165) is 11.8 Å². The molecule has 0 N–H and O–H groups in total. The molecule has 0 radical (unpaired) electrons. The molecule has 0 saturated carbocycles. The van der Waals surface area contributed by atoms with E-state index < -0.39 is 6.68 Å². The number of halogens is 3. The highest BCUT2D eigenvalue weighted by atomic mass is 19.4. The molecule has 12 heavy (non-hydrogen) atoms. The molecule has 0 heterocycles. The first-order valence-corrected chi connectivity index (χ1v) is 3.09. The van der Waals surface area contributed by atoms with Gasteiger partial charge in [-0.15, -0.1) is 0 Å². The zero-order valence-electron chi connectivity index (χ0n) is 6.08. The number of carbonyl (C=O) groups is 1. The summed E-state index contributed by atoms with van der Waals surface area (Å²) >= 11 is 0. The lowest BCUT2D eigenvalue weighted by Gasteiger charge is -1.81. The van der Waals surface area contributed by atoms with Crippen LogP contribution in [0.4, 0.5) is 13.2 Å². The smallest absolute Gasteiger partial charge is 0.298 e. The number of alkyl halides is 3. The fourth-order valence-corrected chi connectivity index (χ4v) is 0.532. The topological polar surface area (TPSA) is 17.1 Å². The quantitative estimate of drug-likeness (QED) is 0.601. The lowest BCUT2D eigenvalue weighted by Crippen LogP contribution is -1.73. The highest BCUT2D eigenvalue weighted by Gasteiger charge is 1.86. The van der Waals surface area contributed by atoms with Crippen LogP contribution in [0, 0.1) is 0 Å². The SMILES string of the molecule is FC(F)F.O=Cc1ccccc1. The summed E-state index contributed by atoms with van der Waals surface area (Å²) in [5, 5.41) is 0. The molecule has 0 bridgehead atoms. The van der Waals surface area contributed by atoms with E-state index >= 15 is 0 Å². The Kier molecular flexibility index (Phi) is 5.69. The maximum Gasteiger partial charge on any atom is 0.379 e. The van der Waals surface area contributed by atoms with Gasteiger partial charge in [-0.3, -0.25) is 4.79 Å². The van der Waals surface area contributed by atoms with Crippen LogP contribution < -0.4 is 0 Å². The average molecular weight is 176 g/mol. The Balaban J connectivity index is 0.000000261. The van der Waals surface area contributed by atoms with Gasteiger partial charge in [0.1, 0.15) is 6.29 Å². The van der Waals surface area contributed by atoms with E-state index in [9.17, 15) is 18.0 Å². The van der Waals surface area contributed by atoms with Crippen LogP contribution >= 0.6 is 0 Å². The highest BCUT2D eigenvalue weighted by Crippen LogP contribution is 1.91. The maximum atomic E-state index is 10.0. The van der Waals surface area contributed by atoms with Gasteiger partial charge in [-0.25, -0.2) is 0 Å². The van der Waals surface area contributed by atoms with Crippen molar-refractivity contribution in [2.24, 2.45) is 0 Å². The predicted molar refractivity (Wildman–Crippen MR) is 38.9 cm³/mol. The number of benzene rings is 1. The van der Waals surface area contributed by atoms with Crippen LogP contribution in [0.2, 0.25) is 0 Å². The fraction of sp³-hybridized carbons (Fsp3) is 0.125. The van der Waals surface area contributed by atoms with Gasteiger partial charge in [-0.1, -0.05) is 30.3 Å². The summed E-state index contributed by atoms with van der Waals surface area (Å²) < 4.78 is 29.0. The number of hydrogen-bond donors (Lipinski definition) is 0. The van der Waals surface area contributed by atoms with E-state index in [0.29, 0.717) is 0 Å². The summed E-state index contributed by atoms with van der Waals surface area (Å²) in [6.07, 6.45) is 0.833. The molecule has 1 nitrogen and oxygen atoms in total. The first-order valence-electron chi connectivity index (χ1n) is 3.09. The lowest BCUT2D eigenvalue weighted by atomic mass is 10.2. The molecule has 0 amide bonds. The second kappa shape index (κ2) is 6.39. The van der Waals surface area contributed by atoms with Crippen LogP contribution in [0.25, 0.3) is 0 Å². The highest BCUT2D eigenvalue weighted by molar-refractivity contribution is 5.74. The van der Waals surface area contributed by atoms with Crippen LogP contribution in [0.3, 0.4) is 0 Å². The first-order chi connectivity index (χ1) is 5.66. The molecular weight excluding hydrogens is 169 g/mol. The molecule has 0 aliphatic rings. The Labute approximate surface area is 67.8 Å². The average Bonchev–Trinajstić information content (AvgIpc) is 2.05. The van der Waals surface area contributed by atoms with Gasteiger partial charge in [0, 0.05) is 5.56 Å². The van der Waals surface area contributed by atoms with E-state index in [1.807, 2.05) is 18.2 Å². The molecule has 1 aromatic carbocycles. The molecule has 0 aliphatic carbocycles. The fourth-order valence-electron chi connectivity index (χ4n) is 0.532. The number of aldehydes is 1. The second-order valence-electron chi connectivity index (χ2n) is 1.78. The van der Waals surface area contributed by atoms with Crippen LogP contribution in [-0.2, 0) is 0 Å². The van der Waals surface area contributed by atoms with Crippen molar-refractivity contribution in [2.75, 3.05) is 0 Å². The molecule has 0 saturated heterocycles. The molecule has 1 rings (SSSR count). The molecule has 0 atom stereocenters. The summed E-state index contributed by atoms with van der Waals surface area (Å²) in [5.74, 6) is 0. The second-order valence-corrected chi connectivity index (χ2v) is 1.78. The monoisotopic (exact) mass is 176 g/mol. The predicted octanol–water partition coefficient (Wildman–Crippen LogP) is 2.68. The molecule has 66 valence electrons. The third-order valence-corrected chi connectivity index (χ3v) is 0.936. The van der Waals surface area contributed by atoms with Crippen LogP contribution in [0.5, 0.6) is 0 Å². The first kappa shape index (κ1) is 10.7. The summed E-state index contributed by atoms with van der Waals surface area (Å²) in [4.78, 5) is 10.0. The summed E-state index contributed by atoms with van der Waals surface area (Å²) in [5.41, 5.74) is 0.729. The molecule has 4 heteroatoms. The van der Waals surface area contributed by atoms with Crippen molar-refractivity contribution < 1.29 is 18.0 Å². The van der Waals surface area contributed by atoms with Gasteiger partial charge >= 0.3 is 6.68 Å². The van der Waals surface area contributed by atoms with E-state index in [-0.39, 0.29) is 0 Å². The van der Waals surface area contributed by atoms with Crippen molar-refractivity contribution in [1.82, 2.24) is 0 Å². The van der Waals surface area contributed by atoms with Crippen molar-refractivity contribution in [3.8, 4) is 0 Å². The van der Waals surface area contributed by atoms with E-state index in [1.54, 1.807) is 12.1 Å². The largest absolute Gasteiger partial charge is 0.379 e. The van der Waals surface area contributed by atoms with Crippen molar-refractivity contribution in [1.29, 1.82) is 0 Å². The molecule has 0 unspecified atom stereocenters. The summed E-state index contributed by atoms with van der Waals surface area (Å²) in [6, 6.07) is 9.10. The van der Waals surface area contributed by atoms with Gasteiger partial charge in [0.05, 0.1) is 0 Å². The Morgan fingerprint density at radius 2 is 1.50 bits per heavy atom. The molecular formula is C8H7F3O. The Morgan fingerprint density at radius 3 is 1.75 bits per heavy atom. The molecule has 0 aromatic heterocycles. The zero-order valence-corrected chi connectivity index (χ0v) is 6.08. The molecule has 1 aromatic rings. The molecule has 0 aliphatic heterocycles. The van der Waals surface area contributed by atoms with Gasteiger partial charge in [0.25, 0.3) is 0 Å². The third kappa shape index (κ3) is 6.80. The van der Waals surface area contributed by atoms with Crippen molar-refractivity contribution in [3.63, 3.8) is 0 Å². The summed E-state index contributed by atoms with van der Waals surface area (Å²) in [7, 11) is 0. The Hall–Kier alpha value is -1.32. The molecule has 0 spiro atoms. The number of hydrogen-bond acceptors (Lipinski definition) is 1. The third-order valence-electron chi connectivity index (χ3n) is 0.936. The standard InChI is InChI=1S/C7H6O.CHF3/c8-6-7-4-2-1-3-5-7;2-1(3)4/h1-6H;1H. The van der Waals surface area contributed by atoms with Gasteiger partial charge in [-0.05, 0) is 0 Å². The van der Waals surface area contributed by atoms with Crippen molar-refractivity contribution in [2.45, 2.75) is 6.68 Å². The lowest BCUT2D eigenvalue weighted by molar-refractivity contribution is 0.00819. The van der Waals surface area contributed by atoms with Crippen LogP contribution in [0.1, 0.15) is 10.4 Å². The molecule has 0 fully saturated rings. The number of rotatable bonds is 1. The van der Waals surface area contributed by atoms with Gasteiger partial charge in [0.2, 0.25) is 0 Å². The summed E-state index contributed by atoms with van der Waals surface area (Å²) in [6.45, 7) is -3.67. The minimum Gasteiger partial charge on any atom is -0.298 e. The van der Waals surface area contributed by atoms with Crippen molar-refractivity contribution in [3.05, 3.63) is 35.9 Å². The van der Waals surface area contributed by atoms with E-state index in [2.05, 4.69) is 0 Å². The Morgan fingerprint density at radius 1 is 1.08 bits per heavy atom. The maximum absolute atomic E-state index is 10.0. The zero-order chi connectivity index (χ0) is 9.40.